The quantitative estimate of drug-likeness (QED) is 0.810. The first-order valence-corrected chi connectivity index (χ1v) is 5.10. The smallest absolute Gasteiger partial charge is 0.303 e. The molecule has 1 aromatic rings. The number of phenols is 1. The zero-order valence-corrected chi connectivity index (χ0v) is 9.43. The molecule has 0 spiro atoms. The number of carbonyl (C=O) groups is 1. The maximum atomic E-state index is 10.4. The lowest BCUT2D eigenvalue weighted by Gasteiger charge is -2.08. The van der Waals surface area contributed by atoms with Crippen LogP contribution in [0.5, 0.6) is 11.5 Å². The number of carboxylic acids is 1. The Bertz CT molecular complexity index is 462. The summed E-state index contributed by atoms with van der Waals surface area (Å²) in [6.45, 7) is 0. The second kappa shape index (κ2) is 5.75. The number of nitriles is 1. The van der Waals surface area contributed by atoms with E-state index >= 15 is 0 Å². The summed E-state index contributed by atoms with van der Waals surface area (Å²) in [7, 11) is 1.40. The molecule has 0 aliphatic heterocycles. The van der Waals surface area contributed by atoms with Crippen LogP contribution in [0.3, 0.4) is 0 Å². The highest BCUT2D eigenvalue weighted by molar-refractivity contribution is 5.66. The van der Waals surface area contributed by atoms with Crippen LogP contribution in [-0.2, 0) is 11.2 Å². The number of rotatable bonds is 5. The molecule has 0 aliphatic carbocycles. The van der Waals surface area contributed by atoms with Gasteiger partial charge >= 0.3 is 5.97 Å². The van der Waals surface area contributed by atoms with Crippen molar-refractivity contribution < 1.29 is 19.7 Å². The summed E-state index contributed by atoms with van der Waals surface area (Å²) in [4.78, 5) is 10.4. The Kier molecular flexibility index (Phi) is 4.35. The minimum Gasteiger partial charge on any atom is -0.503 e. The number of ether oxygens (including phenoxy) is 1. The third-order valence-corrected chi connectivity index (χ3v) is 2.33. The van der Waals surface area contributed by atoms with Gasteiger partial charge in [0.2, 0.25) is 0 Å². The second-order valence-corrected chi connectivity index (χ2v) is 3.55. The fourth-order valence-electron chi connectivity index (χ4n) is 1.49. The predicted octanol–water partition coefficient (Wildman–Crippen LogP) is 1.68. The topological polar surface area (TPSA) is 90.5 Å². The molecular formula is C12H13NO4. The highest BCUT2D eigenvalue weighted by Gasteiger charge is 2.10. The summed E-state index contributed by atoms with van der Waals surface area (Å²) in [6.07, 6.45) is 1.08. The van der Waals surface area contributed by atoms with E-state index in [0.29, 0.717) is 12.8 Å². The van der Waals surface area contributed by atoms with Crippen molar-refractivity contribution >= 4 is 5.97 Å². The Morgan fingerprint density at radius 1 is 1.53 bits per heavy atom. The van der Waals surface area contributed by atoms with E-state index in [2.05, 4.69) is 0 Å². The third kappa shape index (κ3) is 3.38. The molecule has 5 heteroatoms. The van der Waals surface area contributed by atoms with Crippen molar-refractivity contribution in [2.75, 3.05) is 7.11 Å². The van der Waals surface area contributed by atoms with Gasteiger partial charge in [0.05, 0.1) is 12.7 Å². The van der Waals surface area contributed by atoms with E-state index in [1.807, 2.05) is 6.07 Å². The highest BCUT2D eigenvalue weighted by atomic mass is 16.5. The Morgan fingerprint density at radius 2 is 2.24 bits per heavy atom. The molecule has 0 saturated heterocycles. The first-order valence-electron chi connectivity index (χ1n) is 5.10. The molecule has 0 radical (unpaired) electrons. The van der Waals surface area contributed by atoms with Crippen LogP contribution in [0.2, 0.25) is 0 Å². The number of nitrogens with zero attached hydrogens (tertiary/aromatic N) is 1. The summed E-state index contributed by atoms with van der Waals surface area (Å²) in [5, 5.41) is 26.9. The lowest BCUT2D eigenvalue weighted by atomic mass is 10.0. The van der Waals surface area contributed by atoms with Gasteiger partial charge in [-0.2, -0.15) is 5.26 Å². The molecule has 0 saturated carbocycles. The summed E-state index contributed by atoms with van der Waals surface area (Å²) in [6, 6.07) is 5.01. The average Bonchev–Trinajstić information content (AvgIpc) is 2.30. The number of methoxy groups -OCH3 is 1. The Labute approximate surface area is 98.9 Å². The minimum absolute atomic E-state index is 0.0745. The largest absolute Gasteiger partial charge is 0.503 e. The Hall–Kier alpha value is -2.22. The Balaban J connectivity index is 2.87. The van der Waals surface area contributed by atoms with Gasteiger partial charge in [0, 0.05) is 6.42 Å². The van der Waals surface area contributed by atoms with E-state index in [4.69, 9.17) is 15.1 Å². The van der Waals surface area contributed by atoms with E-state index in [-0.39, 0.29) is 23.5 Å². The minimum atomic E-state index is -0.851. The van der Waals surface area contributed by atoms with Crippen molar-refractivity contribution in [3.05, 3.63) is 23.3 Å². The number of aromatic hydroxyl groups is 1. The van der Waals surface area contributed by atoms with Crippen LogP contribution in [0.25, 0.3) is 0 Å². The fraction of sp³-hybridized carbons (Fsp3) is 0.333. The molecule has 17 heavy (non-hydrogen) atoms. The van der Waals surface area contributed by atoms with Crippen LogP contribution in [0.4, 0.5) is 0 Å². The fourth-order valence-corrected chi connectivity index (χ4v) is 1.49. The normalized spacial score (nSPS) is 9.65. The molecule has 1 rings (SSSR count). The number of hydrogen-bond acceptors (Lipinski definition) is 4. The van der Waals surface area contributed by atoms with E-state index in [1.165, 1.54) is 7.11 Å². The van der Waals surface area contributed by atoms with Crippen LogP contribution in [0.15, 0.2) is 12.1 Å². The zero-order chi connectivity index (χ0) is 12.8. The lowest BCUT2D eigenvalue weighted by molar-refractivity contribution is -0.137. The van der Waals surface area contributed by atoms with Crippen molar-refractivity contribution in [3.8, 4) is 17.6 Å². The lowest BCUT2D eigenvalue weighted by Crippen LogP contribution is -1.97. The maximum absolute atomic E-state index is 10.4. The van der Waals surface area contributed by atoms with Gasteiger partial charge in [-0.15, -0.1) is 0 Å². The first kappa shape index (κ1) is 12.8. The molecule has 0 aliphatic rings. The molecular weight excluding hydrogens is 222 g/mol. The molecule has 0 heterocycles. The van der Waals surface area contributed by atoms with Gasteiger partial charge in [0.25, 0.3) is 0 Å². The van der Waals surface area contributed by atoms with Crippen LogP contribution >= 0.6 is 0 Å². The summed E-state index contributed by atoms with van der Waals surface area (Å²) in [5.74, 6) is -0.803. The van der Waals surface area contributed by atoms with E-state index < -0.39 is 5.97 Å². The number of phenolic OH excluding ortho intramolecular Hbond substituents is 1. The van der Waals surface area contributed by atoms with Crippen molar-refractivity contribution in [2.24, 2.45) is 0 Å². The van der Waals surface area contributed by atoms with Gasteiger partial charge in [-0.3, -0.25) is 4.79 Å². The van der Waals surface area contributed by atoms with Crippen molar-refractivity contribution in [1.29, 1.82) is 5.26 Å². The molecule has 0 unspecified atom stereocenters. The van der Waals surface area contributed by atoms with Gasteiger partial charge in [0.15, 0.2) is 11.5 Å². The monoisotopic (exact) mass is 235 g/mol. The van der Waals surface area contributed by atoms with Crippen molar-refractivity contribution in [1.82, 2.24) is 0 Å². The van der Waals surface area contributed by atoms with Crippen LogP contribution in [0, 0.1) is 11.3 Å². The van der Waals surface area contributed by atoms with Gasteiger partial charge in [-0.05, 0) is 30.5 Å². The molecule has 0 aromatic heterocycles. The number of aliphatic carboxylic acids is 1. The number of carboxylic acid groups (broad SMARTS) is 1. The van der Waals surface area contributed by atoms with Gasteiger partial charge in [-0.25, -0.2) is 0 Å². The summed E-state index contributed by atoms with van der Waals surface area (Å²) >= 11 is 0. The molecule has 2 N–H and O–H groups in total. The summed E-state index contributed by atoms with van der Waals surface area (Å²) < 4.78 is 4.94. The molecule has 5 nitrogen and oxygen atoms in total. The van der Waals surface area contributed by atoms with Crippen molar-refractivity contribution in [3.63, 3.8) is 0 Å². The van der Waals surface area contributed by atoms with E-state index in [9.17, 15) is 9.90 Å². The number of benzene rings is 1. The highest BCUT2D eigenvalue weighted by Crippen LogP contribution is 2.31. The van der Waals surface area contributed by atoms with Gasteiger partial charge < -0.3 is 14.9 Å². The molecule has 0 bridgehead atoms. The molecule has 0 amide bonds. The SMILES string of the molecule is COc1cc(CCCC(=O)O)cc(C#N)c1O. The van der Waals surface area contributed by atoms with Gasteiger partial charge in [0.1, 0.15) is 6.07 Å². The molecule has 0 fully saturated rings. The summed E-state index contributed by atoms with van der Waals surface area (Å²) in [5.41, 5.74) is 0.909. The average molecular weight is 235 g/mol. The molecule has 1 aromatic carbocycles. The molecule has 0 atom stereocenters. The van der Waals surface area contributed by atoms with E-state index in [0.717, 1.165) is 5.56 Å². The standard InChI is InChI=1S/C12H13NO4/c1-17-10-6-8(3-2-4-11(14)15)5-9(7-13)12(10)16/h5-6,16H,2-4H2,1H3,(H,14,15). The van der Waals surface area contributed by atoms with Crippen molar-refractivity contribution in [2.45, 2.75) is 19.3 Å². The maximum Gasteiger partial charge on any atom is 0.303 e. The Morgan fingerprint density at radius 3 is 2.76 bits per heavy atom. The van der Waals surface area contributed by atoms with Gasteiger partial charge in [-0.1, -0.05) is 0 Å². The molecule has 90 valence electrons. The predicted molar refractivity (Wildman–Crippen MR) is 59.9 cm³/mol. The third-order valence-electron chi connectivity index (χ3n) is 2.33. The van der Waals surface area contributed by atoms with Crippen LogP contribution in [-0.4, -0.2) is 23.3 Å². The van der Waals surface area contributed by atoms with Crippen LogP contribution in [0.1, 0.15) is 24.0 Å². The van der Waals surface area contributed by atoms with Crippen LogP contribution < -0.4 is 4.74 Å². The zero-order valence-electron chi connectivity index (χ0n) is 9.43. The van der Waals surface area contributed by atoms with E-state index in [1.54, 1.807) is 12.1 Å². The number of aryl methyl sites for hydroxylation is 1. The number of hydrogen-bond donors (Lipinski definition) is 2. The second-order valence-electron chi connectivity index (χ2n) is 3.55. The first-order chi connectivity index (χ1) is 8.08.